The lowest BCUT2D eigenvalue weighted by Crippen LogP contribution is -2.43. The average molecular weight is 385 g/mol. The molecule has 144 valence electrons. The Kier molecular flexibility index (Phi) is 6.00. The molecule has 0 bridgehead atoms. The predicted molar refractivity (Wildman–Crippen MR) is 110 cm³/mol. The fourth-order valence-electron chi connectivity index (χ4n) is 4.01. The standard InChI is InChI=1S/C22H28N2O2S/c1-3-17(4-2)20(25)24-12-11-22(15-24,21(23)26)14-16-7-9-18(10-8-16)19-6-5-13-27-19/h5-10,13,17H,3-4,11-12,14-15H2,1-2H3,(H2,23,26). The topological polar surface area (TPSA) is 63.4 Å². The van der Waals surface area contributed by atoms with Gasteiger partial charge in [0.2, 0.25) is 11.8 Å². The van der Waals surface area contributed by atoms with Crippen LogP contribution in [0.4, 0.5) is 0 Å². The second-order valence-corrected chi connectivity index (χ2v) is 8.47. The Labute approximate surface area is 165 Å². The first-order valence-corrected chi connectivity index (χ1v) is 10.6. The third kappa shape index (κ3) is 4.08. The van der Waals surface area contributed by atoms with Gasteiger partial charge in [0.1, 0.15) is 0 Å². The number of hydrogen-bond acceptors (Lipinski definition) is 3. The molecule has 1 saturated heterocycles. The van der Waals surface area contributed by atoms with Crippen molar-refractivity contribution < 1.29 is 9.59 Å². The van der Waals surface area contributed by atoms with E-state index in [1.165, 1.54) is 10.4 Å². The number of primary amides is 1. The lowest BCUT2D eigenvalue weighted by molar-refractivity contribution is -0.135. The first-order valence-electron chi connectivity index (χ1n) is 9.70. The molecule has 5 heteroatoms. The Morgan fingerprint density at radius 2 is 1.89 bits per heavy atom. The van der Waals surface area contributed by atoms with Gasteiger partial charge < -0.3 is 10.6 Å². The van der Waals surface area contributed by atoms with Gasteiger partial charge in [0, 0.05) is 23.9 Å². The number of hydrogen-bond donors (Lipinski definition) is 1. The van der Waals surface area contributed by atoms with E-state index in [0.717, 1.165) is 18.4 Å². The predicted octanol–water partition coefficient (Wildman–Crippen LogP) is 4.10. The number of nitrogens with two attached hydrogens (primary N) is 1. The van der Waals surface area contributed by atoms with Crippen LogP contribution in [0.3, 0.4) is 0 Å². The third-order valence-electron chi connectivity index (χ3n) is 5.83. The Bertz CT molecular complexity index is 781. The van der Waals surface area contributed by atoms with E-state index >= 15 is 0 Å². The van der Waals surface area contributed by atoms with Crippen LogP contribution < -0.4 is 5.73 Å². The van der Waals surface area contributed by atoms with Crippen molar-refractivity contribution in [3.05, 3.63) is 47.3 Å². The summed E-state index contributed by atoms with van der Waals surface area (Å²) in [6.07, 6.45) is 2.89. The molecular weight excluding hydrogens is 356 g/mol. The number of nitrogens with zero attached hydrogens (tertiary/aromatic N) is 1. The molecule has 1 atom stereocenters. The molecule has 4 nitrogen and oxygen atoms in total. The maximum absolute atomic E-state index is 12.7. The van der Waals surface area contributed by atoms with Crippen molar-refractivity contribution in [2.75, 3.05) is 13.1 Å². The number of carbonyl (C=O) groups excluding carboxylic acids is 2. The van der Waals surface area contributed by atoms with E-state index in [9.17, 15) is 9.59 Å². The van der Waals surface area contributed by atoms with Crippen LogP contribution in [0.25, 0.3) is 10.4 Å². The molecule has 1 aromatic heterocycles. The highest BCUT2D eigenvalue weighted by Gasteiger charge is 2.45. The SMILES string of the molecule is CCC(CC)C(=O)N1CCC(Cc2ccc(-c3cccs3)cc2)(C(N)=O)C1. The summed E-state index contributed by atoms with van der Waals surface area (Å²) in [5, 5.41) is 2.06. The van der Waals surface area contributed by atoms with Gasteiger partial charge in [0.25, 0.3) is 0 Å². The van der Waals surface area contributed by atoms with Crippen LogP contribution in [0.1, 0.15) is 38.7 Å². The molecular formula is C22H28N2O2S. The van der Waals surface area contributed by atoms with Gasteiger partial charge in [-0.3, -0.25) is 9.59 Å². The monoisotopic (exact) mass is 384 g/mol. The highest BCUT2D eigenvalue weighted by atomic mass is 32.1. The van der Waals surface area contributed by atoms with Gasteiger partial charge in [-0.25, -0.2) is 0 Å². The first-order chi connectivity index (χ1) is 13.0. The number of benzene rings is 1. The molecule has 0 radical (unpaired) electrons. The summed E-state index contributed by atoms with van der Waals surface area (Å²) >= 11 is 1.71. The van der Waals surface area contributed by atoms with Crippen LogP contribution in [0.2, 0.25) is 0 Å². The molecule has 2 amide bonds. The summed E-state index contributed by atoms with van der Waals surface area (Å²) in [5.74, 6) is -0.0976. The zero-order valence-electron chi connectivity index (χ0n) is 16.1. The Hall–Kier alpha value is -2.14. The Morgan fingerprint density at radius 3 is 2.44 bits per heavy atom. The quantitative estimate of drug-likeness (QED) is 0.781. The molecule has 27 heavy (non-hydrogen) atoms. The molecule has 1 aromatic carbocycles. The Balaban J connectivity index is 1.74. The van der Waals surface area contributed by atoms with Crippen molar-refractivity contribution in [1.29, 1.82) is 0 Å². The minimum absolute atomic E-state index is 0.0405. The van der Waals surface area contributed by atoms with E-state index in [0.29, 0.717) is 25.9 Å². The number of thiophene rings is 1. The van der Waals surface area contributed by atoms with Gasteiger partial charge >= 0.3 is 0 Å². The number of amides is 2. The van der Waals surface area contributed by atoms with Gasteiger partial charge in [-0.05, 0) is 48.3 Å². The summed E-state index contributed by atoms with van der Waals surface area (Å²) in [6, 6.07) is 12.5. The van der Waals surface area contributed by atoms with Crippen LogP contribution in [0, 0.1) is 11.3 Å². The van der Waals surface area contributed by atoms with Crippen molar-refractivity contribution in [2.24, 2.45) is 17.1 Å². The van der Waals surface area contributed by atoms with Crippen LogP contribution >= 0.6 is 11.3 Å². The maximum Gasteiger partial charge on any atom is 0.225 e. The number of carbonyl (C=O) groups is 2. The van der Waals surface area contributed by atoms with E-state index in [4.69, 9.17) is 5.73 Å². The van der Waals surface area contributed by atoms with E-state index in [1.54, 1.807) is 11.3 Å². The van der Waals surface area contributed by atoms with Crippen molar-refractivity contribution in [2.45, 2.75) is 39.5 Å². The molecule has 0 spiro atoms. The molecule has 2 heterocycles. The number of likely N-dealkylation sites (tertiary alicyclic amines) is 1. The molecule has 2 N–H and O–H groups in total. The minimum Gasteiger partial charge on any atom is -0.369 e. The molecule has 0 aliphatic carbocycles. The molecule has 1 aliphatic rings. The lowest BCUT2D eigenvalue weighted by atomic mass is 9.80. The first kappa shape index (κ1) is 19.6. The largest absolute Gasteiger partial charge is 0.369 e. The van der Waals surface area contributed by atoms with E-state index in [1.807, 2.05) is 24.8 Å². The Morgan fingerprint density at radius 1 is 1.19 bits per heavy atom. The summed E-state index contributed by atoms with van der Waals surface area (Å²) in [5.41, 5.74) is 7.42. The molecule has 1 aliphatic heterocycles. The van der Waals surface area contributed by atoms with Crippen molar-refractivity contribution in [3.8, 4) is 10.4 Å². The fourth-order valence-corrected chi connectivity index (χ4v) is 4.74. The fraction of sp³-hybridized carbons (Fsp3) is 0.455. The summed E-state index contributed by atoms with van der Waals surface area (Å²) < 4.78 is 0. The van der Waals surface area contributed by atoms with Crippen molar-refractivity contribution >= 4 is 23.2 Å². The van der Waals surface area contributed by atoms with Crippen LogP contribution in [0.15, 0.2) is 41.8 Å². The minimum atomic E-state index is -0.661. The maximum atomic E-state index is 12.7. The van der Waals surface area contributed by atoms with Crippen LogP contribution in [-0.4, -0.2) is 29.8 Å². The van der Waals surface area contributed by atoms with Gasteiger partial charge in [-0.2, -0.15) is 0 Å². The van der Waals surface area contributed by atoms with E-state index in [-0.39, 0.29) is 17.7 Å². The van der Waals surface area contributed by atoms with Gasteiger partial charge in [0.15, 0.2) is 0 Å². The van der Waals surface area contributed by atoms with Crippen molar-refractivity contribution in [3.63, 3.8) is 0 Å². The van der Waals surface area contributed by atoms with Crippen LogP contribution in [0.5, 0.6) is 0 Å². The third-order valence-corrected chi connectivity index (χ3v) is 6.74. The molecule has 3 rings (SSSR count). The molecule has 2 aromatic rings. The summed E-state index contributed by atoms with van der Waals surface area (Å²) in [7, 11) is 0. The van der Waals surface area contributed by atoms with Gasteiger partial charge in [-0.1, -0.05) is 44.2 Å². The lowest BCUT2D eigenvalue weighted by Gasteiger charge is -2.27. The summed E-state index contributed by atoms with van der Waals surface area (Å²) in [4.78, 5) is 28.1. The van der Waals surface area contributed by atoms with E-state index in [2.05, 4.69) is 35.7 Å². The summed E-state index contributed by atoms with van der Waals surface area (Å²) in [6.45, 7) is 5.13. The molecule has 0 saturated carbocycles. The zero-order valence-corrected chi connectivity index (χ0v) is 16.9. The smallest absolute Gasteiger partial charge is 0.225 e. The second kappa shape index (κ2) is 8.26. The zero-order chi connectivity index (χ0) is 19.4. The second-order valence-electron chi connectivity index (χ2n) is 7.52. The highest BCUT2D eigenvalue weighted by Crippen LogP contribution is 2.36. The average Bonchev–Trinajstić information content (AvgIpc) is 3.34. The van der Waals surface area contributed by atoms with Gasteiger partial charge in [0.05, 0.1) is 5.41 Å². The highest BCUT2D eigenvalue weighted by molar-refractivity contribution is 7.13. The normalized spacial score (nSPS) is 19.6. The van der Waals surface area contributed by atoms with Crippen molar-refractivity contribution in [1.82, 2.24) is 4.90 Å². The van der Waals surface area contributed by atoms with E-state index < -0.39 is 5.41 Å². The molecule has 1 fully saturated rings. The number of rotatable bonds is 7. The van der Waals surface area contributed by atoms with Crippen LogP contribution in [-0.2, 0) is 16.0 Å². The molecule has 1 unspecified atom stereocenters. The van der Waals surface area contributed by atoms with Gasteiger partial charge in [-0.15, -0.1) is 11.3 Å².